The number of nitrogens with one attached hydrogen (secondary N) is 1. The first-order chi connectivity index (χ1) is 15.9. The van der Waals surface area contributed by atoms with Gasteiger partial charge in [-0.2, -0.15) is 13.2 Å². The zero-order chi connectivity index (χ0) is 23.0. The molecule has 1 aromatic carbocycles. The maximum atomic E-state index is 13.4. The molecule has 5 rings (SSSR count). The number of hydrogen-bond acceptors (Lipinski definition) is 3. The molecule has 2 saturated heterocycles. The average Bonchev–Trinajstić information content (AvgIpc) is 3.55. The number of alkyl halides is 3. The Balaban J connectivity index is 1.57. The molecule has 2 aromatic heterocycles. The Kier molecular flexibility index (Phi) is 5.84. The van der Waals surface area contributed by atoms with Crippen molar-refractivity contribution in [2.24, 2.45) is 0 Å². The van der Waals surface area contributed by atoms with Gasteiger partial charge in [0.25, 0.3) is 0 Å². The smallest absolute Gasteiger partial charge is 0.376 e. The lowest BCUT2D eigenvalue weighted by Crippen LogP contribution is -2.36. The van der Waals surface area contributed by atoms with Gasteiger partial charge >= 0.3 is 6.18 Å². The molecule has 33 heavy (non-hydrogen) atoms. The van der Waals surface area contributed by atoms with Crippen LogP contribution in [0.2, 0.25) is 0 Å². The lowest BCUT2D eigenvalue weighted by Gasteiger charge is -2.30. The Labute approximate surface area is 195 Å². The van der Waals surface area contributed by atoms with E-state index in [1.165, 1.54) is 12.1 Å². The molecule has 9 heteroatoms. The number of nitrogens with zero attached hydrogens (tertiary/aromatic N) is 3. The number of pyridine rings is 1. The van der Waals surface area contributed by atoms with Crippen molar-refractivity contribution >= 4 is 17.3 Å². The molecule has 3 aromatic rings. The predicted molar refractivity (Wildman–Crippen MR) is 122 cm³/mol. The lowest BCUT2D eigenvalue weighted by molar-refractivity contribution is -0.137. The maximum absolute atomic E-state index is 13.4. The van der Waals surface area contributed by atoms with E-state index in [1.807, 2.05) is 30.3 Å². The van der Waals surface area contributed by atoms with E-state index in [4.69, 9.17) is 17.0 Å². The molecule has 0 radical (unpaired) electrons. The Morgan fingerprint density at radius 1 is 1.12 bits per heavy atom. The van der Waals surface area contributed by atoms with Crippen molar-refractivity contribution in [1.29, 1.82) is 0 Å². The molecular weight excluding hydrogens is 449 g/mol. The van der Waals surface area contributed by atoms with Crippen LogP contribution < -0.4 is 5.32 Å². The molecule has 0 amide bonds. The molecule has 2 aliphatic heterocycles. The summed E-state index contributed by atoms with van der Waals surface area (Å²) in [6.45, 7) is 1.33. The summed E-state index contributed by atoms with van der Waals surface area (Å²) in [7, 11) is 0. The van der Waals surface area contributed by atoms with Crippen molar-refractivity contribution in [2.45, 2.75) is 37.2 Å². The summed E-state index contributed by atoms with van der Waals surface area (Å²) in [6.07, 6.45) is 1.12. The van der Waals surface area contributed by atoms with Gasteiger partial charge in [0.05, 0.1) is 29.4 Å². The molecule has 172 valence electrons. The van der Waals surface area contributed by atoms with E-state index in [0.717, 1.165) is 36.9 Å². The lowest BCUT2D eigenvalue weighted by atomic mass is 10.0. The Bertz CT molecular complexity index is 1130. The standard InChI is InChI=1S/C24H23F3N4OS/c25-24(26,27)16-6-3-7-17(14-16)30-12-4-10-20(30)22-21(19-9-1-2-11-28-19)29-23(33)31(22)15-18-8-5-13-32-18/h1-4,6-7,9-12,14,18,21-22H,5,8,13,15H2,(H,29,33)/t18-,21+,22-/m1/s1. The maximum Gasteiger partial charge on any atom is 0.416 e. The number of aromatic nitrogens is 2. The summed E-state index contributed by atoms with van der Waals surface area (Å²) in [4.78, 5) is 6.62. The van der Waals surface area contributed by atoms with E-state index in [9.17, 15) is 13.2 Å². The number of rotatable bonds is 5. The van der Waals surface area contributed by atoms with Gasteiger partial charge in [0, 0.05) is 36.9 Å². The third kappa shape index (κ3) is 4.35. The fourth-order valence-electron chi connectivity index (χ4n) is 4.63. The number of ether oxygens (including phenoxy) is 1. The molecule has 0 aliphatic carbocycles. The first-order valence-electron chi connectivity index (χ1n) is 10.9. The first kappa shape index (κ1) is 21.9. The van der Waals surface area contributed by atoms with E-state index < -0.39 is 11.7 Å². The number of hydrogen-bond donors (Lipinski definition) is 1. The second-order valence-corrected chi connectivity index (χ2v) is 8.65. The van der Waals surface area contributed by atoms with Crippen molar-refractivity contribution < 1.29 is 17.9 Å². The van der Waals surface area contributed by atoms with Crippen LogP contribution >= 0.6 is 12.2 Å². The summed E-state index contributed by atoms with van der Waals surface area (Å²) in [6, 6.07) is 14.3. The zero-order valence-corrected chi connectivity index (χ0v) is 18.5. The monoisotopic (exact) mass is 472 g/mol. The van der Waals surface area contributed by atoms with Gasteiger partial charge < -0.3 is 19.5 Å². The van der Waals surface area contributed by atoms with Gasteiger partial charge in [-0.25, -0.2) is 0 Å². The topological polar surface area (TPSA) is 42.3 Å². The molecule has 4 heterocycles. The van der Waals surface area contributed by atoms with E-state index in [1.54, 1.807) is 23.0 Å². The van der Waals surface area contributed by atoms with Gasteiger partial charge in [-0.1, -0.05) is 12.1 Å². The Morgan fingerprint density at radius 3 is 2.73 bits per heavy atom. The second-order valence-electron chi connectivity index (χ2n) is 8.27. The quantitative estimate of drug-likeness (QED) is 0.527. The van der Waals surface area contributed by atoms with E-state index in [2.05, 4.69) is 15.2 Å². The number of thiocarbonyl (C=S) groups is 1. The Hall–Kier alpha value is -2.91. The predicted octanol–water partition coefficient (Wildman–Crippen LogP) is 5.04. The third-order valence-corrected chi connectivity index (χ3v) is 6.51. The molecule has 0 unspecified atom stereocenters. The van der Waals surface area contributed by atoms with Crippen molar-refractivity contribution in [1.82, 2.24) is 19.8 Å². The second kappa shape index (κ2) is 8.79. The number of benzene rings is 1. The largest absolute Gasteiger partial charge is 0.416 e. The van der Waals surface area contributed by atoms with E-state index >= 15 is 0 Å². The summed E-state index contributed by atoms with van der Waals surface area (Å²) in [5.74, 6) is 0. The van der Waals surface area contributed by atoms with Gasteiger partial charge in [-0.3, -0.25) is 4.98 Å². The van der Waals surface area contributed by atoms with Crippen LogP contribution in [0.4, 0.5) is 13.2 Å². The fourth-order valence-corrected chi connectivity index (χ4v) is 4.95. The highest BCUT2D eigenvalue weighted by molar-refractivity contribution is 7.80. The number of halogens is 3. The van der Waals surface area contributed by atoms with Gasteiger partial charge in [0.15, 0.2) is 5.11 Å². The molecule has 2 aliphatic rings. The van der Waals surface area contributed by atoms with Crippen molar-refractivity contribution in [2.75, 3.05) is 13.2 Å². The van der Waals surface area contributed by atoms with Crippen LogP contribution in [-0.4, -0.2) is 38.8 Å². The molecule has 0 saturated carbocycles. The normalized spacial score (nSPS) is 23.2. The minimum Gasteiger partial charge on any atom is -0.376 e. The average molecular weight is 473 g/mol. The minimum absolute atomic E-state index is 0.0618. The molecule has 5 nitrogen and oxygen atoms in total. The van der Waals surface area contributed by atoms with Gasteiger partial charge in [0.1, 0.15) is 0 Å². The van der Waals surface area contributed by atoms with E-state index in [0.29, 0.717) is 17.3 Å². The highest BCUT2D eigenvalue weighted by Crippen LogP contribution is 2.40. The van der Waals surface area contributed by atoms with Crippen LogP contribution in [0.15, 0.2) is 67.0 Å². The van der Waals surface area contributed by atoms with Crippen molar-refractivity contribution in [3.8, 4) is 5.69 Å². The third-order valence-electron chi connectivity index (χ3n) is 6.16. The van der Waals surface area contributed by atoms with E-state index in [-0.39, 0.29) is 18.2 Å². The SMILES string of the molecule is FC(F)(F)c1cccc(-n2cccc2[C@@H]2[C@H](c3ccccn3)NC(=S)N2C[C@H]2CCCO2)c1. The van der Waals surface area contributed by atoms with Crippen molar-refractivity contribution in [3.05, 3.63) is 83.9 Å². The van der Waals surface area contributed by atoms with Crippen LogP contribution in [0.3, 0.4) is 0 Å². The van der Waals surface area contributed by atoms with Gasteiger partial charge in [-0.05, 0) is 67.5 Å². The van der Waals surface area contributed by atoms with Gasteiger partial charge in [-0.15, -0.1) is 0 Å². The summed E-state index contributed by atoms with van der Waals surface area (Å²) < 4.78 is 47.8. The van der Waals surface area contributed by atoms with Crippen LogP contribution in [0, 0.1) is 0 Å². The molecule has 1 N–H and O–H groups in total. The van der Waals surface area contributed by atoms with Crippen LogP contribution in [0.5, 0.6) is 0 Å². The molecule has 3 atom stereocenters. The summed E-state index contributed by atoms with van der Waals surface area (Å²) >= 11 is 5.71. The zero-order valence-electron chi connectivity index (χ0n) is 17.7. The minimum atomic E-state index is -4.41. The molecule has 0 bridgehead atoms. The molecule has 2 fully saturated rings. The van der Waals surface area contributed by atoms with Crippen molar-refractivity contribution in [3.63, 3.8) is 0 Å². The molecule has 0 spiro atoms. The Morgan fingerprint density at radius 2 is 2.00 bits per heavy atom. The van der Waals surface area contributed by atoms with Crippen LogP contribution in [-0.2, 0) is 10.9 Å². The summed E-state index contributed by atoms with van der Waals surface area (Å²) in [5, 5.41) is 3.98. The van der Waals surface area contributed by atoms with Crippen LogP contribution in [0.1, 0.15) is 41.9 Å². The molecular formula is C24H23F3N4OS. The van der Waals surface area contributed by atoms with Gasteiger partial charge in [0.2, 0.25) is 0 Å². The highest BCUT2D eigenvalue weighted by atomic mass is 32.1. The fraction of sp³-hybridized carbons (Fsp3) is 0.333. The summed E-state index contributed by atoms with van der Waals surface area (Å²) in [5.41, 5.74) is 1.41. The highest BCUT2D eigenvalue weighted by Gasteiger charge is 2.42. The first-order valence-corrected chi connectivity index (χ1v) is 11.3. The van der Waals surface area contributed by atoms with Crippen LogP contribution in [0.25, 0.3) is 5.69 Å².